The van der Waals surface area contributed by atoms with Crippen molar-refractivity contribution in [3.63, 3.8) is 0 Å². The third-order valence-electron chi connectivity index (χ3n) is 3.33. The second kappa shape index (κ2) is 7.23. The molecule has 0 bridgehead atoms. The van der Waals surface area contributed by atoms with Gasteiger partial charge in [-0.2, -0.15) is 0 Å². The quantitative estimate of drug-likeness (QED) is 0.841. The molecule has 1 aromatic carbocycles. The highest BCUT2D eigenvalue weighted by molar-refractivity contribution is 9.10. The number of carbonyl (C=O) groups excluding carboxylic acids is 1. The van der Waals surface area contributed by atoms with Crippen molar-refractivity contribution in [1.29, 1.82) is 0 Å². The number of amides is 1. The second-order valence-corrected chi connectivity index (χ2v) is 8.53. The van der Waals surface area contributed by atoms with Crippen molar-refractivity contribution in [2.45, 2.75) is 24.9 Å². The molecule has 1 atom stereocenters. The Balaban J connectivity index is 2.09. The third kappa shape index (κ3) is 4.87. The topological polar surface area (TPSA) is 76.1 Å². The van der Waals surface area contributed by atoms with Gasteiger partial charge in [-0.05, 0) is 43.2 Å². The van der Waals surface area contributed by atoms with Crippen LogP contribution in [-0.2, 0) is 20.4 Å². The van der Waals surface area contributed by atoms with Gasteiger partial charge in [0.15, 0.2) is 9.84 Å². The summed E-state index contributed by atoms with van der Waals surface area (Å²) in [6.07, 6.45) is 1.61. The summed E-state index contributed by atoms with van der Waals surface area (Å²) in [5.74, 6) is -0.441. The molecule has 0 spiro atoms. The van der Waals surface area contributed by atoms with E-state index in [1.807, 2.05) is 13.0 Å². The largest absolute Gasteiger partial charge is 0.310 e. The number of anilines is 1. The number of nitrogens with one attached hydrogen (secondary N) is 1. The van der Waals surface area contributed by atoms with Crippen molar-refractivity contribution >= 4 is 37.5 Å². The van der Waals surface area contributed by atoms with E-state index in [0.717, 1.165) is 10.0 Å². The summed E-state index contributed by atoms with van der Waals surface area (Å²) in [5, 5.41) is 1.37. The molecule has 2 rings (SSSR count). The van der Waals surface area contributed by atoms with Crippen molar-refractivity contribution in [1.82, 2.24) is 4.98 Å². The molecule has 0 fully saturated rings. The first-order valence-electron chi connectivity index (χ1n) is 6.97. The van der Waals surface area contributed by atoms with E-state index in [2.05, 4.69) is 26.2 Å². The Labute approximate surface area is 144 Å². The van der Waals surface area contributed by atoms with Crippen LogP contribution in [0.2, 0.25) is 0 Å². The van der Waals surface area contributed by atoms with E-state index in [9.17, 15) is 13.2 Å². The van der Waals surface area contributed by atoms with E-state index in [1.165, 1.54) is 6.92 Å². The Morgan fingerprint density at radius 1 is 1.30 bits per heavy atom. The number of hydrogen-bond acceptors (Lipinski definition) is 4. The molecule has 23 heavy (non-hydrogen) atoms. The molecule has 5 nitrogen and oxygen atoms in total. The fourth-order valence-corrected chi connectivity index (χ4v) is 3.64. The smallest absolute Gasteiger partial charge is 0.243 e. The molecule has 0 saturated heterocycles. The molecule has 0 radical (unpaired) electrons. The Morgan fingerprint density at radius 2 is 2.04 bits per heavy atom. The lowest BCUT2D eigenvalue weighted by Crippen LogP contribution is -2.33. The van der Waals surface area contributed by atoms with Crippen molar-refractivity contribution in [3.05, 3.63) is 58.2 Å². The normalized spacial score (nSPS) is 12.7. The molecule has 1 heterocycles. The lowest BCUT2D eigenvalue weighted by atomic mass is 10.2. The van der Waals surface area contributed by atoms with Gasteiger partial charge in [-0.25, -0.2) is 13.4 Å². The molecule has 0 aliphatic carbocycles. The van der Waals surface area contributed by atoms with Crippen LogP contribution in [0.25, 0.3) is 0 Å². The number of carbonyl (C=O) groups is 1. The fourth-order valence-electron chi connectivity index (χ4n) is 1.92. The number of halogens is 1. The number of rotatable bonds is 5. The van der Waals surface area contributed by atoms with Gasteiger partial charge in [-0.15, -0.1) is 0 Å². The molecule has 0 aliphatic heterocycles. The maximum atomic E-state index is 12.4. The SMILES string of the molecule is Cc1ccc(NC(=O)[C@H](C)S(=O)(=O)Cc2cccc(Br)c2)nc1. The molecule has 0 aliphatic rings. The van der Waals surface area contributed by atoms with E-state index < -0.39 is 21.0 Å². The zero-order valence-electron chi connectivity index (χ0n) is 12.8. The predicted molar refractivity (Wildman–Crippen MR) is 93.8 cm³/mol. The molecule has 122 valence electrons. The second-order valence-electron chi connectivity index (χ2n) is 5.29. The summed E-state index contributed by atoms with van der Waals surface area (Å²) in [7, 11) is -3.62. The van der Waals surface area contributed by atoms with Gasteiger partial charge in [0.25, 0.3) is 0 Å². The lowest BCUT2D eigenvalue weighted by Gasteiger charge is -2.13. The van der Waals surface area contributed by atoms with E-state index in [4.69, 9.17) is 0 Å². The standard InChI is InChI=1S/C16H17BrN2O3S/c1-11-6-7-15(18-9-11)19-16(20)12(2)23(21,22)10-13-4-3-5-14(17)8-13/h3-9,12H,10H2,1-2H3,(H,18,19,20)/t12-/m0/s1. The molecule has 0 saturated carbocycles. The van der Waals surface area contributed by atoms with Crippen LogP contribution in [0, 0.1) is 6.92 Å². The number of pyridine rings is 1. The molecule has 0 unspecified atom stereocenters. The highest BCUT2D eigenvalue weighted by Gasteiger charge is 2.28. The van der Waals surface area contributed by atoms with Crippen LogP contribution in [0.1, 0.15) is 18.1 Å². The average molecular weight is 397 g/mol. The van der Waals surface area contributed by atoms with Crippen molar-refractivity contribution in [3.8, 4) is 0 Å². The summed E-state index contributed by atoms with van der Waals surface area (Å²) < 4.78 is 25.6. The predicted octanol–water partition coefficient (Wildman–Crippen LogP) is 3.09. The molecule has 1 amide bonds. The summed E-state index contributed by atoms with van der Waals surface area (Å²) in [6.45, 7) is 3.26. The van der Waals surface area contributed by atoms with Crippen molar-refractivity contribution in [2.75, 3.05) is 5.32 Å². The van der Waals surface area contributed by atoms with Gasteiger partial charge in [0.05, 0.1) is 5.75 Å². The molecule has 7 heteroatoms. The number of nitrogens with zero attached hydrogens (tertiary/aromatic N) is 1. The maximum Gasteiger partial charge on any atom is 0.243 e. The van der Waals surface area contributed by atoms with Gasteiger partial charge in [0.1, 0.15) is 11.1 Å². The number of aromatic nitrogens is 1. The minimum atomic E-state index is -3.62. The zero-order chi connectivity index (χ0) is 17.0. The molecular weight excluding hydrogens is 380 g/mol. The zero-order valence-corrected chi connectivity index (χ0v) is 15.2. The first-order valence-corrected chi connectivity index (χ1v) is 9.48. The van der Waals surface area contributed by atoms with Crippen LogP contribution < -0.4 is 5.32 Å². The highest BCUT2D eigenvalue weighted by atomic mass is 79.9. The average Bonchev–Trinajstić information content (AvgIpc) is 2.48. The summed E-state index contributed by atoms with van der Waals surface area (Å²) in [5.41, 5.74) is 1.59. The molecule has 1 N–H and O–H groups in total. The number of benzene rings is 1. The Hall–Kier alpha value is -1.73. The summed E-state index contributed by atoms with van der Waals surface area (Å²) in [4.78, 5) is 16.2. The highest BCUT2D eigenvalue weighted by Crippen LogP contribution is 2.17. The summed E-state index contributed by atoms with van der Waals surface area (Å²) in [6, 6.07) is 10.5. The van der Waals surface area contributed by atoms with E-state index in [0.29, 0.717) is 11.4 Å². The summed E-state index contributed by atoms with van der Waals surface area (Å²) >= 11 is 3.30. The Kier molecular flexibility index (Phi) is 5.54. The third-order valence-corrected chi connectivity index (χ3v) is 5.85. The number of sulfone groups is 1. The Morgan fingerprint density at radius 3 is 2.65 bits per heavy atom. The van der Waals surface area contributed by atoms with Gasteiger partial charge in [0.2, 0.25) is 5.91 Å². The van der Waals surface area contributed by atoms with Crippen LogP contribution >= 0.6 is 15.9 Å². The van der Waals surface area contributed by atoms with Crippen LogP contribution in [-0.4, -0.2) is 24.6 Å². The van der Waals surface area contributed by atoms with Gasteiger partial charge in [-0.3, -0.25) is 4.79 Å². The first kappa shape index (κ1) is 17.6. The monoisotopic (exact) mass is 396 g/mol. The van der Waals surface area contributed by atoms with Crippen LogP contribution in [0.15, 0.2) is 47.1 Å². The number of aryl methyl sites for hydroxylation is 1. The van der Waals surface area contributed by atoms with Crippen LogP contribution in [0.5, 0.6) is 0 Å². The van der Waals surface area contributed by atoms with Gasteiger partial charge < -0.3 is 5.32 Å². The van der Waals surface area contributed by atoms with Crippen LogP contribution in [0.3, 0.4) is 0 Å². The minimum absolute atomic E-state index is 0.192. The molecular formula is C16H17BrN2O3S. The van der Waals surface area contributed by atoms with Gasteiger partial charge in [0, 0.05) is 10.7 Å². The molecule has 1 aromatic heterocycles. The lowest BCUT2D eigenvalue weighted by molar-refractivity contribution is -0.115. The van der Waals surface area contributed by atoms with E-state index in [-0.39, 0.29) is 5.75 Å². The first-order chi connectivity index (χ1) is 10.8. The van der Waals surface area contributed by atoms with Gasteiger partial charge in [-0.1, -0.05) is 34.1 Å². The fraction of sp³-hybridized carbons (Fsp3) is 0.250. The maximum absolute atomic E-state index is 12.4. The van der Waals surface area contributed by atoms with Crippen molar-refractivity contribution in [2.24, 2.45) is 0 Å². The molecule has 2 aromatic rings. The van der Waals surface area contributed by atoms with E-state index >= 15 is 0 Å². The van der Waals surface area contributed by atoms with Crippen molar-refractivity contribution < 1.29 is 13.2 Å². The van der Waals surface area contributed by atoms with Gasteiger partial charge >= 0.3 is 0 Å². The van der Waals surface area contributed by atoms with E-state index in [1.54, 1.807) is 36.5 Å². The Bertz CT molecular complexity index is 804. The van der Waals surface area contributed by atoms with Crippen LogP contribution in [0.4, 0.5) is 5.82 Å². The number of hydrogen-bond donors (Lipinski definition) is 1. The minimum Gasteiger partial charge on any atom is -0.310 e.